The number of hydrogen-bond donors (Lipinski definition) is 3. The van der Waals surface area contributed by atoms with Crippen LogP contribution in [0.3, 0.4) is 0 Å². The first-order valence-corrected chi connectivity index (χ1v) is 9.30. The summed E-state index contributed by atoms with van der Waals surface area (Å²) in [4.78, 5) is 14.9. The minimum absolute atomic E-state index is 0.0843. The molecule has 0 radical (unpaired) electrons. The highest BCUT2D eigenvalue weighted by atomic mass is 19.1. The molecular weight excluding hydrogens is 321 g/mol. The molecule has 25 heavy (non-hydrogen) atoms. The summed E-state index contributed by atoms with van der Waals surface area (Å²) in [5, 5.41) is 18.0. The van der Waals surface area contributed by atoms with Crippen molar-refractivity contribution in [1.82, 2.24) is 15.5 Å². The first kappa shape index (κ1) is 16.9. The maximum Gasteiger partial charge on any atom is 0.241 e. The molecule has 1 aliphatic carbocycles. The van der Waals surface area contributed by atoms with Crippen LogP contribution in [-0.2, 0) is 10.4 Å². The maximum absolute atomic E-state index is 13.4. The van der Waals surface area contributed by atoms with Gasteiger partial charge >= 0.3 is 0 Å². The summed E-state index contributed by atoms with van der Waals surface area (Å²) in [5.41, 5.74) is -0.820. The number of benzene rings is 1. The number of hydrogen-bond acceptors (Lipinski definition) is 4. The summed E-state index contributed by atoms with van der Waals surface area (Å²) in [6, 6.07) is 6.06. The Morgan fingerprint density at radius 1 is 1.12 bits per heavy atom. The van der Waals surface area contributed by atoms with Gasteiger partial charge in [0.1, 0.15) is 17.0 Å². The largest absolute Gasteiger partial charge is 0.384 e. The Hall–Kier alpha value is -1.50. The molecule has 2 heterocycles. The Kier molecular flexibility index (Phi) is 4.30. The predicted octanol–water partition coefficient (Wildman–Crippen LogP) is 1.47. The average Bonchev–Trinajstić information content (AvgIpc) is 2.93. The number of nitrogens with one attached hydrogen (secondary N) is 2. The van der Waals surface area contributed by atoms with Gasteiger partial charge in [-0.2, -0.15) is 0 Å². The van der Waals surface area contributed by atoms with Gasteiger partial charge in [-0.1, -0.05) is 25.0 Å². The van der Waals surface area contributed by atoms with E-state index in [1.807, 2.05) is 0 Å². The van der Waals surface area contributed by atoms with E-state index >= 15 is 0 Å². The second kappa shape index (κ2) is 6.34. The van der Waals surface area contributed by atoms with Gasteiger partial charge in [0.05, 0.1) is 6.67 Å². The van der Waals surface area contributed by atoms with E-state index in [1.165, 1.54) is 12.1 Å². The fourth-order valence-electron chi connectivity index (χ4n) is 4.99. The second-order valence-corrected chi connectivity index (χ2v) is 7.61. The van der Waals surface area contributed by atoms with Crippen molar-refractivity contribution in [2.45, 2.75) is 55.7 Å². The van der Waals surface area contributed by atoms with Gasteiger partial charge in [0, 0.05) is 6.04 Å². The Morgan fingerprint density at radius 2 is 1.84 bits per heavy atom. The summed E-state index contributed by atoms with van der Waals surface area (Å²) >= 11 is 0. The van der Waals surface area contributed by atoms with Crippen molar-refractivity contribution in [3.63, 3.8) is 0 Å². The number of halogens is 1. The number of piperidine rings is 1. The van der Waals surface area contributed by atoms with E-state index in [9.17, 15) is 14.3 Å². The average molecular weight is 347 g/mol. The molecule has 0 bridgehead atoms. The van der Waals surface area contributed by atoms with E-state index in [0.717, 1.165) is 50.8 Å². The van der Waals surface area contributed by atoms with Crippen LogP contribution in [0, 0.1) is 5.82 Å². The summed E-state index contributed by atoms with van der Waals surface area (Å²) in [5.74, 6) is -0.214. The van der Waals surface area contributed by atoms with Crippen molar-refractivity contribution >= 4 is 5.91 Å². The van der Waals surface area contributed by atoms with Crippen LogP contribution in [0.1, 0.15) is 44.1 Å². The van der Waals surface area contributed by atoms with Gasteiger partial charge in [0.2, 0.25) is 5.91 Å². The first-order valence-electron chi connectivity index (χ1n) is 9.30. The number of carbonyl (C=O) groups is 1. The molecule has 0 aromatic heterocycles. The minimum atomic E-state index is -1.05. The monoisotopic (exact) mass is 347 g/mol. The molecule has 1 aromatic carbocycles. The lowest BCUT2D eigenvalue weighted by Crippen LogP contribution is -2.63. The third-order valence-electron chi connectivity index (χ3n) is 6.37. The SMILES string of the molecule is O=C1NCN(C2CCCCC2(O)c2ccc(F)cc2)C12CCNCC2. The quantitative estimate of drug-likeness (QED) is 0.758. The third-order valence-corrected chi connectivity index (χ3v) is 6.37. The van der Waals surface area contributed by atoms with E-state index in [-0.39, 0.29) is 17.8 Å². The van der Waals surface area contributed by atoms with Gasteiger partial charge in [-0.05, 0) is 56.5 Å². The van der Waals surface area contributed by atoms with E-state index in [1.54, 1.807) is 12.1 Å². The lowest BCUT2D eigenvalue weighted by molar-refractivity contribution is -0.137. The van der Waals surface area contributed by atoms with Crippen molar-refractivity contribution in [2.75, 3.05) is 19.8 Å². The molecule has 136 valence electrons. The van der Waals surface area contributed by atoms with Gasteiger partial charge in [-0.25, -0.2) is 4.39 Å². The summed E-state index contributed by atoms with van der Waals surface area (Å²) < 4.78 is 13.4. The fraction of sp³-hybridized carbons (Fsp3) is 0.632. The highest BCUT2D eigenvalue weighted by Crippen LogP contribution is 2.44. The summed E-state index contributed by atoms with van der Waals surface area (Å²) in [6.45, 7) is 2.10. The Labute approximate surface area is 147 Å². The molecule has 3 aliphatic rings. The normalized spacial score (nSPS) is 32.7. The van der Waals surface area contributed by atoms with Crippen LogP contribution in [0.4, 0.5) is 4.39 Å². The van der Waals surface area contributed by atoms with Crippen molar-refractivity contribution in [3.05, 3.63) is 35.6 Å². The van der Waals surface area contributed by atoms with Gasteiger partial charge in [-0.3, -0.25) is 9.69 Å². The van der Waals surface area contributed by atoms with Crippen LogP contribution >= 0.6 is 0 Å². The molecule has 3 fully saturated rings. The van der Waals surface area contributed by atoms with Gasteiger partial charge in [0.15, 0.2) is 0 Å². The minimum Gasteiger partial charge on any atom is -0.384 e. The zero-order chi connectivity index (χ0) is 17.5. The van der Waals surface area contributed by atoms with Gasteiger partial charge in [0.25, 0.3) is 0 Å². The lowest BCUT2D eigenvalue weighted by atomic mass is 9.73. The van der Waals surface area contributed by atoms with E-state index in [4.69, 9.17) is 0 Å². The molecule has 1 spiro atoms. The van der Waals surface area contributed by atoms with Crippen molar-refractivity contribution in [2.24, 2.45) is 0 Å². The molecule has 2 unspecified atom stereocenters. The first-order chi connectivity index (χ1) is 12.1. The molecule has 2 atom stereocenters. The number of nitrogens with zero attached hydrogens (tertiary/aromatic N) is 1. The Bertz CT molecular complexity index is 645. The van der Waals surface area contributed by atoms with Crippen molar-refractivity contribution < 1.29 is 14.3 Å². The van der Waals surface area contributed by atoms with Crippen LogP contribution in [0.15, 0.2) is 24.3 Å². The molecular formula is C19H26FN3O2. The van der Waals surface area contributed by atoms with Crippen LogP contribution < -0.4 is 10.6 Å². The zero-order valence-corrected chi connectivity index (χ0v) is 14.4. The summed E-state index contributed by atoms with van der Waals surface area (Å²) in [6.07, 6.45) is 4.98. The zero-order valence-electron chi connectivity index (χ0n) is 14.4. The predicted molar refractivity (Wildman–Crippen MR) is 92.2 cm³/mol. The molecule has 4 rings (SSSR count). The number of carbonyl (C=O) groups excluding carboxylic acids is 1. The van der Waals surface area contributed by atoms with E-state index < -0.39 is 11.1 Å². The summed E-state index contributed by atoms with van der Waals surface area (Å²) in [7, 11) is 0. The molecule has 6 heteroatoms. The Morgan fingerprint density at radius 3 is 2.56 bits per heavy atom. The van der Waals surface area contributed by atoms with Crippen LogP contribution in [0.2, 0.25) is 0 Å². The van der Waals surface area contributed by atoms with E-state index in [2.05, 4.69) is 15.5 Å². The van der Waals surface area contributed by atoms with Crippen LogP contribution in [0.5, 0.6) is 0 Å². The standard InChI is InChI=1S/C19H26FN3O2/c20-15-6-4-14(5-7-15)19(25)8-2-1-3-16(19)23-13-22-17(24)18(23)9-11-21-12-10-18/h4-7,16,21,25H,1-3,8-13H2,(H,22,24). The third kappa shape index (κ3) is 2.67. The smallest absolute Gasteiger partial charge is 0.241 e. The lowest BCUT2D eigenvalue weighted by Gasteiger charge is -2.50. The number of rotatable bonds is 2. The molecule has 5 nitrogen and oxygen atoms in total. The van der Waals surface area contributed by atoms with E-state index in [0.29, 0.717) is 13.1 Å². The van der Waals surface area contributed by atoms with Crippen LogP contribution in [-0.4, -0.2) is 47.3 Å². The number of aliphatic hydroxyl groups is 1. The second-order valence-electron chi connectivity index (χ2n) is 7.61. The molecule has 1 saturated carbocycles. The maximum atomic E-state index is 13.4. The molecule has 1 amide bonds. The molecule has 2 aliphatic heterocycles. The number of amides is 1. The highest BCUT2D eigenvalue weighted by Gasteiger charge is 2.56. The molecule has 2 saturated heterocycles. The van der Waals surface area contributed by atoms with Gasteiger partial charge < -0.3 is 15.7 Å². The highest BCUT2D eigenvalue weighted by molar-refractivity contribution is 5.88. The van der Waals surface area contributed by atoms with Crippen molar-refractivity contribution in [1.29, 1.82) is 0 Å². The molecule has 3 N–H and O–H groups in total. The van der Waals surface area contributed by atoms with Crippen LogP contribution in [0.25, 0.3) is 0 Å². The topological polar surface area (TPSA) is 64.6 Å². The Balaban J connectivity index is 1.71. The van der Waals surface area contributed by atoms with Gasteiger partial charge in [-0.15, -0.1) is 0 Å². The van der Waals surface area contributed by atoms with Crippen molar-refractivity contribution in [3.8, 4) is 0 Å². The fourth-order valence-corrected chi connectivity index (χ4v) is 4.99. The molecule has 1 aromatic rings.